The second-order valence-corrected chi connectivity index (χ2v) is 3.66. The number of allylic oxidation sites excluding steroid dienone is 1. The Kier molecular flexibility index (Phi) is 3.49. The van der Waals surface area contributed by atoms with E-state index in [1.807, 2.05) is 17.8 Å². The smallest absolute Gasteiger partial charge is 0.330 e. The van der Waals surface area contributed by atoms with Crippen LogP contribution in [0, 0.1) is 5.92 Å². The van der Waals surface area contributed by atoms with Gasteiger partial charge in [0.1, 0.15) is 0 Å². The van der Waals surface area contributed by atoms with Gasteiger partial charge in [-0.25, -0.2) is 4.79 Å². The van der Waals surface area contributed by atoms with Crippen LogP contribution in [0.25, 0.3) is 0 Å². The normalized spacial score (nSPS) is 24.3. The van der Waals surface area contributed by atoms with E-state index < -0.39 is 0 Å². The molecule has 62 valence electrons. The first-order valence-electron chi connectivity index (χ1n) is 3.67. The third kappa shape index (κ3) is 2.97. The number of hydrogen-bond donors (Lipinski definition) is 0. The van der Waals surface area contributed by atoms with Gasteiger partial charge in [0.25, 0.3) is 0 Å². The largest absolute Gasteiger partial charge is 0.466 e. The van der Waals surface area contributed by atoms with Crippen LogP contribution >= 0.6 is 11.8 Å². The fraction of sp³-hybridized carbons (Fsp3) is 0.625. The Morgan fingerprint density at radius 1 is 1.73 bits per heavy atom. The summed E-state index contributed by atoms with van der Waals surface area (Å²) in [7, 11) is 1.40. The molecule has 0 aromatic heterocycles. The molecule has 1 aliphatic heterocycles. The van der Waals surface area contributed by atoms with E-state index in [1.54, 1.807) is 0 Å². The zero-order valence-corrected chi connectivity index (χ0v) is 7.39. The molecule has 0 aromatic rings. The molecule has 0 saturated carbocycles. The van der Waals surface area contributed by atoms with Gasteiger partial charge < -0.3 is 4.74 Å². The maximum absolute atomic E-state index is 10.7. The van der Waals surface area contributed by atoms with Gasteiger partial charge in [-0.15, -0.1) is 0 Å². The van der Waals surface area contributed by atoms with Gasteiger partial charge in [0.05, 0.1) is 7.11 Å². The maximum Gasteiger partial charge on any atom is 0.330 e. The molecule has 1 aliphatic rings. The van der Waals surface area contributed by atoms with Crippen molar-refractivity contribution in [1.29, 1.82) is 0 Å². The van der Waals surface area contributed by atoms with Crippen LogP contribution in [0.1, 0.15) is 6.42 Å². The minimum Gasteiger partial charge on any atom is -0.466 e. The van der Waals surface area contributed by atoms with E-state index in [-0.39, 0.29) is 5.97 Å². The van der Waals surface area contributed by atoms with Crippen LogP contribution < -0.4 is 0 Å². The summed E-state index contributed by atoms with van der Waals surface area (Å²) >= 11 is 1.94. The van der Waals surface area contributed by atoms with E-state index in [0.717, 1.165) is 5.75 Å². The van der Waals surface area contributed by atoms with Crippen LogP contribution in [0.4, 0.5) is 0 Å². The average molecular weight is 172 g/mol. The molecule has 3 heteroatoms. The molecule has 0 aliphatic carbocycles. The number of carbonyl (C=O) groups is 1. The van der Waals surface area contributed by atoms with Gasteiger partial charge in [0, 0.05) is 6.08 Å². The lowest BCUT2D eigenvalue weighted by Crippen LogP contribution is -1.97. The van der Waals surface area contributed by atoms with Crippen molar-refractivity contribution in [3.63, 3.8) is 0 Å². The van der Waals surface area contributed by atoms with Crippen molar-refractivity contribution >= 4 is 17.7 Å². The zero-order chi connectivity index (χ0) is 8.10. The van der Waals surface area contributed by atoms with E-state index >= 15 is 0 Å². The minimum absolute atomic E-state index is 0.248. The molecule has 1 saturated heterocycles. The fourth-order valence-electron chi connectivity index (χ4n) is 0.987. The van der Waals surface area contributed by atoms with Crippen LogP contribution in [-0.4, -0.2) is 24.6 Å². The summed E-state index contributed by atoms with van der Waals surface area (Å²) in [5, 5.41) is 0. The maximum atomic E-state index is 10.7. The van der Waals surface area contributed by atoms with Crippen LogP contribution in [0.5, 0.6) is 0 Å². The first-order valence-corrected chi connectivity index (χ1v) is 4.82. The van der Waals surface area contributed by atoms with Crippen molar-refractivity contribution in [2.24, 2.45) is 5.92 Å². The Hall–Kier alpha value is -0.440. The lowest BCUT2D eigenvalue weighted by atomic mass is 10.1. The standard InChI is InChI=1S/C8H12O2S/c1-10-8(9)3-2-7-4-5-11-6-7/h2-3,7H,4-6H2,1H3/b3-2+. The molecule has 0 spiro atoms. The molecular weight excluding hydrogens is 160 g/mol. The molecule has 0 radical (unpaired) electrons. The molecule has 1 atom stereocenters. The summed E-state index contributed by atoms with van der Waals surface area (Å²) in [6.07, 6.45) is 4.67. The average Bonchev–Trinajstić information content (AvgIpc) is 2.52. The first kappa shape index (κ1) is 8.65. The van der Waals surface area contributed by atoms with Crippen LogP contribution in [0.15, 0.2) is 12.2 Å². The van der Waals surface area contributed by atoms with Gasteiger partial charge in [-0.05, 0) is 23.8 Å². The lowest BCUT2D eigenvalue weighted by Gasteiger charge is -1.97. The van der Waals surface area contributed by atoms with E-state index in [0.29, 0.717) is 5.92 Å². The minimum atomic E-state index is -0.248. The topological polar surface area (TPSA) is 26.3 Å². The second-order valence-electron chi connectivity index (χ2n) is 2.51. The Balaban J connectivity index is 2.27. The van der Waals surface area contributed by atoms with E-state index in [9.17, 15) is 4.79 Å². The van der Waals surface area contributed by atoms with Crippen LogP contribution in [0.3, 0.4) is 0 Å². The summed E-state index contributed by atoms with van der Waals surface area (Å²) in [6, 6.07) is 0. The van der Waals surface area contributed by atoms with Crippen molar-refractivity contribution in [3.05, 3.63) is 12.2 Å². The van der Waals surface area contributed by atoms with Crippen molar-refractivity contribution in [2.75, 3.05) is 18.6 Å². The fourth-order valence-corrected chi connectivity index (χ4v) is 2.20. The van der Waals surface area contributed by atoms with Crippen LogP contribution in [0.2, 0.25) is 0 Å². The van der Waals surface area contributed by atoms with E-state index in [2.05, 4.69) is 4.74 Å². The summed E-state index contributed by atoms with van der Waals surface area (Å²) in [6.45, 7) is 0. The monoisotopic (exact) mass is 172 g/mol. The zero-order valence-electron chi connectivity index (χ0n) is 6.58. The quantitative estimate of drug-likeness (QED) is 0.466. The highest BCUT2D eigenvalue weighted by molar-refractivity contribution is 7.99. The molecule has 0 aromatic carbocycles. The molecule has 1 heterocycles. The Morgan fingerprint density at radius 2 is 2.55 bits per heavy atom. The molecule has 0 bridgehead atoms. The first-order chi connectivity index (χ1) is 5.33. The predicted octanol–water partition coefficient (Wildman–Crippen LogP) is 1.47. The number of ether oxygens (including phenoxy) is 1. The van der Waals surface area contributed by atoms with E-state index in [4.69, 9.17) is 0 Å². The van der Waals surface area contributed by atoms with Crippen molar-refractivity contribution in [1.82, 2.24) is 0 Å². The number of esters is 1. The van der Waals surface area contributed by atoms with Gasteiger partial charge in [-0.2, -0.15) is 11.8 Å². The molecule has 1 fully saturated rings. The van der Waals surface area contributed by atoms with Gasteiger partial charge in [-0.3, -0.25) is 0 Å². The molecule has 11 heavy (non-hydrogen) atoms. The molecule has 0 N–H and O–H groups in total. The molecular formula is C8H12O2S. The number of methoxy groups -OCH3 is 1. The Bertz CT molecular complexity index is 159. The third-order valence-electron chi connectivity index (χ3n) is 1.67. The van der Waals surface area contributed by atoms with Crippen molar-refractivity contribution in [3.8, 4) is 0 Å². The van der Waals surface area contributed by atoms with Crippen LogP contribution in [-0.2, 0) is 9.53 Å². The SMILES string of the molecule is COC(=O)/C=C/C1CCSC1. The number of thioether (sulfide) groups is 1. The number of carbonyl (C=O) groups excluding carboxylic acids is 1. The molecule has 0 amide bonds. The highest BCUT2D eigenvalue weighted by Crippen LogP contribution is 2.24. The van der Waals surface area contributed by atoms with Crippen molar-refractivity contribution in [2.45, 2.75) is 6.42 Å². The summed E-state index contributed by atoms with van der Waals surface area (Å²) in [5.74, 6) is 2.70. The number of hydrogen-bond acceptors (Lipinski definition) is 3. The Morgan fingerprint density at radius 3 is 3.09 bits per heavy atom. The van der Waals surface area contributed by atoms with Gasteiger partial charge in [0.15, 0.2) is 0 Å². The summed E-state index contributed by atoms with van der Waals surface area (Å²) < 4.78 is 4.48. The van der Waals surface area contributed by atoms with Gasteiger partial charge >= 0.3 is 5.97 Å². The van der Waals surface area contributed by atoms with E-state index in [1.165, 1.54) is 25.4 Å². The van der Waals surface area contributed by atoms with Gasteiger partial charge in [0.2, 0.25) is 0 Å². The lowest BCUT2D eigenvalue weighted by molar-refractivity contribution is -0.134. The van der Waals surface area contributed by atoms with Crippen molar-refractivity contribution < 1.29 is 9.53 Å². The molecule has 1 unspecified atom stereocenters. The molecule has 1 rings (SSSR count). The number of rotatable bonds is 2. The highest BCUT2D eigenvalue weighted by atomic mass is 32.2. The molecule has 2 nitrogen and oxygen atoms in total. The van der Waals surface area contributed by atoms with Gasteiger partial charge in [-0.1, -0.05) is 6.08 Å². The highest BCUT2D eigenvalue weighted by Gasteiger charge is 2.11. The second kappa shape index (κ2) is 4.44. The summed E-state index contributed by atoms with van der Waals surface area (Å²) in [5.41, 5.74) is 0. The Labute approximate surface area is 71.0 Å². The third-order valence-corrected chi connectivity index (χ3v) is 2.86. The summed E-state index contributed by atoms with van der Waals surface area (Å²) in [4.78, 5) is 10.7. The predicted molar refractivity (Wildman–Crippen MR) is 46.6 cm³/mol.